The van der Waals surface area contributed by atoms with Crippen LogP contribution in [0.15, 0.2) is 29.8 Å². The number of aromatic nitrogens is 2. The molecule has 2 aliphatic rings. The van der Waals surface area contributed by atoms with E-state index in [0.29, 0.717) is 17.8 Å². The zero-order chi connectivity index (χ0) is 21.1. The normalized spacial score (nSPS) is 25.6. The largest absolute Gasteiger partial charge is 0.497 e. The third-order valence-electron chi connectivity index (χ3n) is 7.51. The van der Waals surface area contributed by atoms with Crippen LogP contribution in [0, 0.1) is 23.7 Å². The molecule has 4 nitrogen and oxygen atoms in total. The molecule has 0 bridgehead atoms. The van der Waals surface area contributed by atoms with Crippen molar-refractivity contribution in [3.63, 3.8) is 0 Å². The van der Waals surface area contributed by atoms with Crippen molar-refractivity contribution in [2.45, 2.75) is 71.8 Å². The van der Waals surface area contributed by atoms with Gasteiger partial charge in [-0.25, -0.2) is 4.98 Å². The summed E-state index contributed by atoms with van der Waals surface area (Å²) in [7, 11) is 1.71. The molecular formula is C26H39N3O. The highest BCUT2D eigenvalue weighted by Gasteiger charge is 2.32. The molecule has 0 saturated heterocycles. The van der Waals surface area contributed by atoms with E-state index in [2.05, 4.69) is 37.1 Å². The molecule has 1 heterocycles. The van der Waals surface area contributed by atoms with Gasteiger partial charge in [0.2, 0.25) is 0 Å². The van der Waals surface area contributed by atoms with Crippen molar-refractivity contribution in [1.29, 1.82) is 0 Å². The predicted octanol–water partition coefficient (Wildman–Crippen LogP) is 5.89. The van der Waals surface area contributed by atoms with Crippen LogP contribution >= 0.6 is 0 Å². The number of ether oxygens (including phenoxy) is 1. The molecule has 1 aromatic heterocycles. The molecule has 1 saturated carbocycles. The predicted molar refractivity (Wildman–Crippen MR) is 125 cm³/mol. The average Bonchev–Trinajstić information content (AvgIpc) is 3.15. The number of allylic oxidation sites excluding steroid dienone is 1. The molecule has 3 atom stereocenters. The van der Waals surface area contributed by atoms with E-state index in [0.717, 1.165) is 47.5 Å². The Morgan fingerprint density at radius 2 is 2.00 bits per heavy atom. The lowest BCUT2D eigenvalue weighted by atomic mass is 9.69. The topological polar surface area (TPSA) is 49.9 Å². The quantitative estimate of drug-likeness (QED) is 0.561. The highest BCUT2D eigenvalue weighted by molar-refractivity contribution is 5.76. The molecule has 0 amide bonds. The van der Waals surface area contributed by atoms with Crippen molar-refractivity contribution in [3.05, 3.63) is 35.7 Å². The molecule has 164 valence electrons. The Kier molecular flexibility index (Phi) is 6.82. The maximum Gasteiger partial charge on any atom is 0.121 e. The fraction of sp³-hybridized carbons (Fsp3) is 0.654. The molecule has 2 aromatic rings. The fourth-order valence-electron chi connectivity index (χ4n) is 5.62. The summed E-state index contributed by atoms with van der Waals surface area (Å²) in [5.74, 6) is 4.64. The van der Waals surface area contributed by atoms with E-state index in [-0.39, 0.29) is 0 Å². The second-order valence-corrected chi connectivity index (χ2v) is 9.93. The zero-order valence-corrected chi connectivity index (χ0v) is 19.2. The minimum atomic E-state index is 0.575. The minimum absolute atomic E-state index is 0.575. The second-order valence-electron chi connectivity index (χ2n) is 9.93. The first-order chi connectivity index (χ1) is 14.5. The Morgan fingerprint density at radius 1 is 1.20 bits per heavy atom. The van der Waals surface area contributed by atoms with Crippen molar-refractivity contribution in [1.82, 2.24) is 15.3 Å². The lowest BCUT2D eigenvalue weighted by Gasteiger charge is -2.38. The number of aromatic amines is 1. The van der Waals surface area contributed by atoms with Gasteiger partial charge in [-0.15, -0.1) is 0 Å². The van der Waals surface area contributed by atoms with Crippen molar-refractivity contribution in [2.75, 3.05) is 13.7 Å². The molecule has 0 radical (unpaired) electrons. The molecular weight excluding hydrogens is 370 g/mol. The number of methoxy groups -OCH3 is 1. The van der Waals surface area contributed by atoms with Crippen molar-refractivity contribution < 1.29 is 4.74 Å². The van der Waals surface area contributed by atoms with E-state index < -0.39 is 0 Å². The number of hydrogen-bond donors (Lipinski definition) is 2. The summed E-state index contributed by atoms with van der Waals surface area (Å²) in [6.45, 7) is 8.27. The first kappa shape index (κ1) is 21.4. The number of H-pyrrole nitrogens is 1. The summed E-state index contributed by atoms with van der Waals surface area (Å²) in [6, 6.07) is 6.81. The molecule has 1 aromatic carbocycles. The van der Waals surface area contributed by atoms with Crippen LogP contribution in [-0.2, 0) is 6.42 Å². The van der Waals surface area contributed by atoms with Gasteiger partial charge in [-0.1, -0.05) is 44.8 Å². The van der Waals surface area contributed by atoms with E-state index in [1.54, 1.807) is 12.7 Å². The molecule has 1 fully saturated rings. The summed E-state index contributed by atoms with van der Waals surface area (Å²) in [6.07, 6.45) is 11.8. The van der Waals surface area contributed by atoms with Gasteiger partial charge in [0, 0.05) is 25.1 Å². The monoisotopic (exact) mass is 409 g/mol. The van der Waals surface area contributed by atoms with Gasteiger partial charge in [-0.2, -0.15) is 0 Å². The fourth-order valence-corrected chi connectivity index (χ4v) is 5.62. The highest BCUT2D eigenvalue weighted by atomic mass is 16.5. The van der Waals surface area contributed by atoms with E-state index >= 15 is 0 Å². The van der Waals surface area contributed by atoms with Crippen LogP contribution in [0.4, 0.5) is 0 Å². The van der Waals surface area contributed by atoms with Gasteiger partial charge in [0.25, 0.3) is 0 Å². The van der Waals surface area contributed by atoms with Crippen LogP contribution in [0.3, 0.4) is 0 Å². The maximum absolute atomic E-state index is 5.35. The van der Waals surface area contributed by atoms with Gasteiger partial charge in [0.05, 0.1) is 18.1 Å². The van der Waals surface area contributed by atoms with Crippen LogP contribution in [0.2, 0.25) is 0 Å². The number of benzene rings is 1. The first-order valence-corrected chi connectivity index (χ1v) is 12.0. The molecule has 0 spiro atoms. The summed E-state index contributed by atoms with van der Waals surface area (Å²) in [5, 5.41) is 3.91. The number of fused-ring (bicyclic) bond motifs is 1. The smallest absolute Gasteiger partial charge is 0.121 e. The van der Waals surface area contributed by atoms with Gasteiger partial charge in [-0.05, 0) is 62.0 Å². The van der Waals surface area contributed by atoms with Crippen LogP contribution < -0.4 is 10.1 Å². The number of hydrogen-bond acceptors (Lipinski definition) is 3. The Labute approximate surface area is 181 Å². The Balaban J connectivity index is 1.45. The molecule has 30 heavy (non-hydrogen) atoms. The summed E-state index contributed by atoms with van der Waals surface area (Å²) < 4.78 is 5.35. The molecule has 2 N–H and O–H groups in total. The number of rotatable bonds is 7. The van der Waals surface area contributed by atoms with Crippen molar-refractivity contribution in [3.8, 4) is 5.75 Å². The maximum atomic E-state index is 5.35. The molecule has 0 unspecified atom stereocenters. The van der Waals surface area contributed by atoms with Crippen LogP contribution in [0.5, 0.6) is 5.75 Å². The summed E-state index contributed by atoms with van der Waals surface area (Å²) in [5.41, 5.74) is 3.63. The van der Waals surface area contributed by atoms with Gasteiger partial charge in [0.15, 0.2) is 0 Å². The van der Waals surface area contributed by atoms with Crippen LogP contribution in [0.1, 0.15) is 65.1 Å². The zero-order valence-electron chi connectivity index (χ0n) is 19.2. The summed E-state index contributed by atoms with van der Waals surface area (Å²) >= 11 is 0. The Hall–Kier alpha value is -1.81. The molecule has 4 rings (SSSR count). The highest BCUT2D eigenvalue weighted by Crippen LogP contribution is 2.39. The molecule has 4 heteroatoms. The van der Waals surface area contributed by atoms with Gasteiger partial charge < -0.3 is 15.0 Å². The average molecular weight is 410 g/mol. The molecule has 2 aliphatic carbocycles. The van der Waals surface area contributed by atoms with Gasteiger partial charge in [0.1, 0.15) is 11.6 Å². The van der Waals surface area contributed by atoms with E-state index in [1.165, 1.54) is 38.5 Å². The van der Waals surface area contributed by atoms with E-state index in [1.807, 2.05) is 18.2 Å². The van der Waals surface area contributed by atoms with E-state index in [9.17, 15) is 0 Å². The first-order valence-electron chi connectivity index (χ1n) is 12.0. The van der Waals surface area contributed by atoms with Crippen LogP contribution in [-0.4, -0.2) is 29.7 Å². The third-order valence-corrected chi connectivity index (χ3v) is 7.51. The second kappa shape index (κ2) is 9.55. The SMILES string of the molecule is COc1ccc2nc(C[C@@H]3C[C@@H](C(C)C)[C@H](CNC4CCCCC4)C=C3C)[nH]c2c1. The third kappa shape index (κ3) is 4.91. The Bertz CT molecular complexity index is 862. The number of imidazole rings is 1. The lowest BCUT2D eigenvalue weighted by molar-refractivity contribution is 0.213. The minimum Gasteiger partial charge on any atom is -0.497 e. The van der Waals surface area contributed by atoms with Crippen molar-refractivity contribution in [2.24, 2.45) is 23.7 Å². The van der Waals surface area contributed by atoms with Gasteiger partial charge in [-0.3, -0.25) is 0 Å². The number of nitrogens with zero attached hydrogens (tertiary/aromatic N) is 1. The van der Waals surface area contributed by atoms with E-state index in [4.69, 9.17) is 9.72 Å². The molecule has 0 aliphatic heterocycles. The van der Waals surface area contributed by atoms with Crippen LogP contribution in [0.25, 0.3) is 11.0 Å². The lowest BCUT2D eigenvalue weighted by Crippen LogP contribution is -2.39. The van der Waals surface area contributed by atoms with Crippen molar-refractivity contribution >= 4 is 11.0 Å². The number of nitrogens with one attached hydrogen (secondary N) is 2. The van der Waals surface area contributed by atoms with Gasteiger partial charge >= 0.3 is 0 Å². The Morgan fingerprint density at radius 3 is 2.73 bits per heavy atom. The summed E-state index contributed by atoms with van der Waals surface area (Å²) in [4.78, 5) is 8.38. The standard InChI is InChI=1S/C26H39N3O/c1-17(2)23-13-19(14-26-28-24-11-10-22(30-4)15-25(24)29-26)18(3)12-20(23)16-27-21-8-6-5-7-9-21/h10-12,15,17,19-21,23,27H,5-9,13-14,16H2,1-4H3,(H,28,29)/t19-,20-,23-/m0/s1.